The summed E-state index contributed by atoms with van der Waals surface area (Å²) >= 11 is 1.51. The summed E-state index contributed by atoms with van der Waals surface area (Å²) in [4.78, 5) is 18.6. The van der Waals surface area contributed by atoms with E-state index in [-0.39, 0.29) is 36.8 Å². The van der Waals surface area contributed by atoms with Crippen molar-refractivity contribution >= 4 is 42.1 Å². The highest BCUT2D eigenvalue weighted by Gasteiger charge is 2.21. The van der Waals surface area contributed by atoms with Gasteiger partial charge in [-0.1, -0.05) is 0 Å². The summed E-state index contributed by atoms with van der Waals surface area (Å²) < 4.78 is 5.55. The van der Waals surface area contributed by atoms with Gasteiger partial charge in [-0.3, -0.25) is 4.79 Å². The number of carbonyl (C=O) groups is 1. The van der Waals surface area contributed by atoms with Crippen LogP contribution in [-0.2, 0) is 11.2 Å². The minimum Gasteiger partial charge on any atom is -0.459 e. The zero-order valence-corrected chi connectivity index (χ0v) is 15.3. The summed E-state index contributed by atoms with van der Waals surface area (Å²) in [5.41, 5.74) is 6.67. The molecule has 3 rings (SSSR count). The second-order valence-electron chi connectivity index (χ2n) is 5.45. The molecule has 0 radical (unpaired) electrons. The SMILES string of the molecule is Cc1ccc(-c2nc(CC(=O)N3CCC(N)CC3)cs2)o1.Cl.Cl. The normalized spacial score (nSPS) is 15.0. The van der Waals surface area contributed by atoms with Gasteiger partial charge in [-0.05, 0) is 31.9 Å². The number of hydrogen-bond donors (Lipinski definition) is 1. The van der Waals surface area contributed by atoms with Gasteiger partial charge in [-0.25, -0.2) is 4.98 Å². The Hall–Kier alpha value is -1.08. The summed E-state index contributed by atoms with van der Waals surface area (Å²) in [7, 11) is 0. The summed E-state index contributed by atoms with van der Waals surface area (Å²) in [6, 6.07) is 4.06. The van der Waals surface area contributed by atoms with E-state index in [1.807, 2.05) is 29.3 Å². The Kier molecular flexibility index (Phi) is 7.54. The fourth-order valence-electron chi connectivity index (χ4n) is 2.47. The Morgan fingerprint density at radius 3 is 2.70 bits per heavy atom. The van der Waals surface area contributed by atoms with Crippen LogP contribution in [0.15, 0.2) is 21.9 Å². The van der Waals surface area contributed by atoms with Gasteiger partial charge < -0.3 is 15.1 Å². The third-order valence-corrected chi connectivity index (χ3v) is 4.63. The van der Waals surface area contributed by atoms with Crippen molar-refractivity contribution in [2.45, 2.75) is 32.2 Å². The summed E-state index contributed by atoms with van der Waals surface area (Å²) in [6.07, 6.45) is 2.13. The van der Waals surface area contributed by atoms with Crippen LogP contribution in [0.3, 0.4) is 0 Å². The maximum Gasteiger partial charge on any atom is 0.228 e. The van der Waals surface area contributed by atoms with E-state index >= 15 is 0 Å². The number of aryl methyl sites for hydroxylation is 1. The van der Waals surface area contributed by atoms with Gasteiger partial charge in [0.05, 0.1) is 12.1 Å². The lowest BCUT2D eigenvalue weighted by Crippen LogP contribution is -2.43. The molecule has 1 amide bonds. The first kappa shape index (κ1) is 20.0. The third-order valence-electron chi connectivity index (χ3n) is 3.73. The van der Waals surface area contributed by atoms with Crippen molar-refractivity contribution in [3.05, 3.63) is 29.0 Å². The number of thiazole rings is 1. The van der Waals surface area contributed by atoms with Gasteiger partial charge in [-0.2, -0.15) is 0 Å². The third kappa shape index (κ3) is 4.94. The minimum atomic E-state index is 0. The van der Waals surface area contributed by atoms with Crippen LogP contribution in [0.1, 0.15) is 24.3 Å². The lowest BCUT2D eigenvalue weighted by Gasteiger charge is -2.30. The van der Waals surface area contributed by atoms with E-state index in [0.717, 1.165) is 48.2 Å². The molecule has 0 saturated carbocycles. The second-order valence-corrected chi connectivity index (χ2v) is 6.31. The van der Waals surface area contributed by atoms with E-state index in [1.165, 1.54) is 11.3 Å². The molecule has 2 N–H and O–H groups in total. The van der Waals surface area contributed by atoms with Crippen molar-refractivity contribution in [3.63, 3.8) is 0 Å². The Morgan fingerprint density at radius 1 is 1.39 bits per heavy atom. The van der Waals surface area contributed by atoms with E-state index in [9.17, 15) is 4.79 Å². The Bertz CT molecular complexity index is 636. The van der Waals surface area contributed by atoms with Gasteiger partial charge in [0.25, 0.3) is 0 Å². The first-order chi connectivity index (χ1) is 10.1. The zero-order chi connectivity index (χ0) is 14.8. The molecule has 2 aromatic heterocycles. The monoisotopic (exact) mass is 377 g/mol. The summed E-state index contributed by atoms with van der Waals surface area (Å²) in [5.74, 6) is 1.76. The van der Waals surface area contributed by atoms with Gasteiger partial charge in [0.2, 0.25) is 5.91 Å². The molecule has 8 heteroatoms. The molecule has 0 aromatic carbocycles. The predicted molar refractivity (Wildman–Crippen MR) is 96.5 cm³/mol. The molecule has 5 nitrogen and oxygen atoms in total. The molecule has 0 bridgehead atoms. The molecule has 0 aliphatic carbocycles. The number of amides is 1. The number of halogens is 2. The molecule has 2 aromatic rings. The average Bonchev–Trinajstić information content (AvgIpc) is 3.08. The van der Waals surface area contributed by atoms with E-state index in [2.05, 4.69) is 4.98 Å². The first-order valence-electron chi connectivity index (χ1n) is 7.16. The smallest absolute Gasteiger partial charge is 0.228 e. The number of aromatic nitrogens is 1. The highest BCUT2D eigenvalue weighted by molar-refractivity contribution is 7.13. The Balaban J connectivity index is 0.00000132. The average molecular weight is 378 g/mol. The first-order valence-corrected chi connectivity index (χ1v) is 8.04. The molecular weight excluding hydrogens is 357 g/mol. The highest BCUT2D eigenvalue weighted by atomic mass is 35.5. The lowest BCUT2D eigenvalue weighted by molar-refractivity contribution is -0.131. The van der Waals surface area contributed by atoms with Crippen LogP contribution in [0, 0.1) is 6.92 Å². The lowest BCUT2D eigenvalue weighted by atomic mass is 10.1. The number of hydrogen-bond acceptors (Lipinski definition) is 5. The second kappa shape index (κ2) is 8.68. The molecule has 3 heterocycles. The molecule has 1 aliphatic heterocycles. The molecule has 0 atom stereocenters. The molecule has 1 fully saturated rings. The van der Waals surface area contributed by atoms with Gasteiger partial charge in [0.1, 0.15) is 5.76 Å². The number of furan rings is 1. The maximum atomic E-state index is 12.3. The molecule has 128 valence electrons. The van der Waals surface area contributed by atoms with Crippen molar-refractivity contribution in [1.82, 2.24) is 9.88 Å². The standard InChI is InChI=1S/C15H19N3O2S.2ClH/c1-10-2-3-13(20-10)15-17-12(9-21-15)8-14(19)18-6-4-11(16)5-7-18;;/h2-3,9,11H,4-8,16H2,1H3;2*1H. The maximum absolute atomic E-state index is 12.3. The Morgan fingerprint density at radius 2 is 2.09 bits per heavy atom. The van der Waals surface area contributed by atoms with Crippen molar-refractivity contribution in [3.8, 4) is 10.8 Å². The summed E-state index contributed by atoms with van der Waals surface area (Å²) in [5, 5.41) is 2.76. The van der Waals surface area contributed by atoms with E-state index in [1.54, 1.807) is 0 Å². The fourth-order valence-corrected chi connectivity index (χ4v) is 3.25. The number of carbonyl (C=O) groups excluding carboxylic acids is 1. The van der Waals surface area contributed by atoms with E-state index in [0.29, 0.717) is 6.42 Å². The number of piperidine rings is 1. The van der Waals surface area contributed by atoms with Crippen LogP contribution in [0.25, 0.3) is 10.8 Å². The van der Waals surface area contributed by atoms with Gasteiger partial charge in [0.15, 0.2) is 10.8 Å². The number of rotatable bonds is 3. The van der Waals surface area contributed by atoms with Crippen LogP contribution >= 0.6 is 36.2 Å². The van der Waals surface area contributed by atoms with Crippen molar-refractivity contribution in [1.29, 1.82) is 0 Å². The van der Waals surface area contributed by atoms with Crippen molar-refractivity contribution < 1.29 is 9.21 Å². The summed E-state index contributed by atoms with van der Waals surface area (Å²) in [6.45, 7) is 3.42. The fraction of sp³-hybridized carbons (Fsp3) is 0.467. The van der Waals surface area contributed by atoms with Gasteiger partial charge in [0, 0.05) is 24.5 Å². The van der Waals surface area contributed by atoms with Gasteiger partial charge >= 0.3 is 0 Å². The molecular formula is C15H21Cl2N3O2S. The predicted octanol–water partition coefficient (Wildman–Crippen LogP) is 3.05. The number of nitrogens with two attached hydrogens (primary N) is 1. The molecule has 0 unspecified atom stereocenters. The molecule has 1 aliphatic rings. The molecule has 23 heavy (non-hydrogen) atoms. The largest absolute Gasteiger partial charge is 0.459 e. The van der Waals surface area contributed by atoms with Crippen LogP contribution in [-0.4, -0.2) is 34.9 Å². The quantitative estimate of drug-likeness (QED) is 0.891. The van der Waals surface area contributed by atoms with Crippen molar-refractivity contribution in [2.75, 3.05) is 13.1 Å². The van der Waals surface area contributed by atoms with Crippen LogP contribution in [0.2, 0.25) is 0 Å². The highest BCUT2D eigenvalue weighted by Crippen LogP contribution is 2.26. The number of nitrogens with zero attached hydrogens (tertiary/aromatic N) is 2. The number of likely N-dealkylation sites (tertiary alicyclic amines) is 1. The van der Waals surface area contributed by atoms with Crippen LogP contribution in [0.5, 0.6) is 0 Å². The van der Waals surface area contributed by atoms with E-state index < -0.39 is 0 Å². The minimum absolute atomic E-state index is 0. The van der Waals surface area contributed by atoms with Crippen LogP contribution in [0.4, 0.5) is 0 Å². The zero-order valence-electron chi connectivity index (χ0n) is 12.9. The van der Waals surface area contributed by atoms with Gasteiger partial charge in [-0.15, -0.1) is 36.2 Å². The topological polar surface area (TPSA) is 72.4 Å². The Labute approximate surface area is 152 Å². The molecule has 0 spiro atoms. The molecule has 1 saturated heterocycles. The van der Waals surface area contributed by atoms with Crippen LogP contribution < -0.4 is 5.73 Å². The van der Waals surface area contributed by atoms with Crippen molar-refractivity contribution in [2.24, 2.45) is 5.73 Å². The van der Waals surface area contributed by atoms with E-state index in [4.69, 9.17) is 10.2 Å².